The maximum Gasteiger partial charge on any atom is 0.407 e. The summed E-state index contributed by atoms with van der Waals surface area (Å²) in [6.45, 7) is 5.29. The Morgan fingerprint density at radius 2 is 2.09 bits per heavy atom. The highest BCUT2D eigenvalue weighted by atomic mass is 35.5. The summed E-state index contributed by atoms with van der Waals surface area (Å²) in [6.07, 6.45) is -1.91. The number of aromatic amines is 1. The number of aliphatic hydroxyl groups excluding tert-OH is 2. The van der Waals surface area contributed by atoms with Crippen molar-refractivity contribution in [2.45, 2.75) is 45.0 Å². The number of alkyl carbamates (subject to hydrolysis) is 1. The summed E-state index contributed by atoms with van der Waals surface area (Å²) in [5.41, 5.74) is -1.18. The standard InChI is InChI=1S/C14H21ClN2O5/c1-14(2,3)22-13(21)16-5-4-10(18)11(19)9-6-8(15)7-17-12(9)20/h6-7,10-11,18-19H,4-5H2,1-3H3,(H,16,21)(H,17,20). The van der Waals surface area contributed by atoms with E-state index in [0.29, 0.717) is 0 Å². The lowest BCUT2D eigenvalue weighted by atomic mass is 10.0. The van der Waals surface area contributed by atoms with E-state index >= 15 is 0 Å². The molecule has 0 spiro atoms. The first kappa shape index (κ1) is 18.5. The van der Waals surface area contributed by atoms with Crippen molar-refractivity contribution < 1.29 is 19.7 Å². The van der Waals surface area contributed by atoms with Crippen LogP contribution in [0.15, 0.2) is 17.1 Å². The van der Waals surface area contributed by atoms with Crippen LogP contribution in [0.25, 0.3) is 0 Å². The molecule has 4 N–H and O–H groups in total. The Balaban J connectivity index is 2.51. The maximum atomic E-state index is 11.6. The van der Waals surface area contributed by atoms with Gasteiger partial charge in [-0.05, 0) is 33.3 Å². The van der Waals surface area contributed by atoms with Gasteiger partial charge in [0, 0.05) is 18.3 Å². The summed E-state index contributed by atoms with van der Waals surface area (Å²) in [5, 5.41) is 22.6. The van der Waals surface area contributed by atoms with Crippen LogP contribution in [0, 0.1) is 0 Å². The summed E-state index contributed by atoms with van der Waals surface area (Å²) in [6, 6.07) is 1.29. The molecular formula is C14H21ClN2O5. The Bertz CT molecular complexity index is 567. The largest absolute Gasteiger partial charge is 0.444 e. The third kappa shape index (κ3) is 6.05. The van der Waals surface area contributed by atoms with E-state index in [4.69, 9.17) is 16.3 Å². The molecule has 0 aliphatic carbocycles. The lowest BCUT2D eigenvalue weighted by molar-refractivity contribution is 0.0115. The van der Waals surface area contributed by atoms with Gasteiger partial charge in [-0.1, -0.05) is 11.6 Å². The van der Waals surface area contributed by atoms with Crippen molar-refractivity contribution in [2.75, 3.05) is 6.54 Å². The van der Waals surface area contributed by atoms with Gasteiger partial charge in [-0.2, -0.15) is 0 Å². The Hall–Kier alpha value is -1.57. The van der Waals surface area contributed by atoms with E-state index in [1.54, 1.807) is 20.8 Å². The summed E-state index contributed by atoms with van der Waals surface area (Å²) >= 11 is 5.74. The highest BCUT2D eigenvalue weighted by Gasteiger charge is 2.22. The number of ether oxygens (including phenoxy) is 1. The molecule has 22 heavy (non-hydrogen) atoms. The molecule has 0 aromatic carbocycles. The Morgan fingerprint density at radius 3 is 2.68 bits per heavy atom. The number of hydrogen-bond acceptors (Lipinski definition) is 5. The van der Waals surface area contributed by atoms with Crippen LogP contribution in [0.1, 0.15) is 38.9 Å². The van der Waals surface area contributed by atoms with Gasteiger partial charge < -0.3 is 25.3 Å². The first-order valence-corrected chi connectivity index (χ1v) is 7.19. The van der Waals surface area contributed by atoms with Crippen molar-refractivity contribution in [1.82, 2.24) is 10.3 Å². The first-order chi connectivity index (χ1) is 10.1. The zero-order valence-electron chi connectivity index (χ0n) is 12.7. The molecule has 2 atom stereocenters. The molecule has 0 bridgehead atoms. The molecule has 1 rings (SSSR count). The summed E-state index contributed by atoms with van der Waals surface area (Å²) in [7, 11) is 0. The smallest absolute Gasteiger partial charge is 0.407 e. The zero-order chi connectivity index (χ0) is 16.9. The third-order valence-electron chi connectivity index (χ3n) is 2.69. The van der Waals surface area contributed by atoms with E-state index < -0.39 is 29.5 Å². The van der Waals surface area contributed by atoms with Gasteiger partial charge in [-0.25, -0.2) is 4.79 Å². The molecule has 0 saturated heterocycles. The molecular weight excluding hydrogens is 312 g/mol. The predicted molar refractivity (Wildman–Crippen MR) is 81.9 cm³/mol. The fraction of sp³-hybridized carbons (Fsp3) is 0.571. The molecule has 124 valence electrons. The van der Waals surface area contributed by atoms with Gasteiger partial charge in [0.2, 0.25) is 0 Å². The average molecular weight is 333 g/mol. The van der Waals surface area contributed by atoms with Crippen LogP contribution in [-0.2, 0) is 4.74 Å². The van der Waals surface area contributed by atoms with Gasteiger partial charge in [0.25, 0.3) is 5.56 Å². The predicted octanol–water partition coefficient (Wildman–Crippen LogP) is 1.34. The Labute approximate surface area is 133 Å². The zero-order valence-corrected chi connectivity index (χ0v) is 13.5. The number of pyridine rings is 1. The van der Waals surface area contributed by atoms with Crippen LogP contribution >= 0.6 is 11.6 Å². The van der Waals surface area contributed by atoms with Crippen LogP contribution in [0.3, 0.4) is 0 Å². The second-order valence-corrected chi connectivity index (χ2v) is 6.27. The van der Waals surface area contributed by atoms with Crippen molar-refractivity contribution in [3.05, 3.63) is 33.2 Å². The number of carbonyl (C=O) groups is 1. The van der Waals surface area contributed by atoms with E-state index in [1.807, 2.05) is 0 Å². The summed E-state index contributed by atoms with van der Waals surface area (Å²) in [5.74, 6) is 0. The fourth-order valence-corrected chi connectivity index (χ4v) is 1.87. The van der Waals surface area contributed by atoms with Crippen LogP contribution in [-0.4, -0.2) is 39.5 Å². The molecule has 1 aromatic heterocycles. The highest BCUT2D eigenvalue weighted by molar-refractivity contribution is 6.30. The summed E-state index contributed by atoms with van der Waals surface area (Å²) in [4.78, 5) is 25.4. The monoisotopic (exact) mass is 332 g/mol. The number of nitrogens with one attached hydrogen (secondary N) is 2. The van der Waals surface area contributed by atoms with Crippen molar-refractivity contribution in [2.24, 2.45) is 0 Å². The van der Waals surface area contributed by atoms with E-state index in [-0.39, 0.29) is 23.6 Å². The highest BCUT2D eigenvalue weighted by Crippen LogP contribution is 2.18. The third-order valence-corrected chi connectivity index (χ3v) is 2.91. The molecule has 0 aliphatic heterocycles. The minimum atomic E-state index is -1.40. The number of H-pyrrole nitrogens is 1. The number of rotatable bonds is 5. The molecule has 2 unspecified atom stereocenters. The Kier molecular flexibility index (Phi) is 6.40. The second-order valence-electron chi connectivity index (χ2n) is 5.83. The van der Waals surface area contributed by atoms with Crippen molar-refractivity contribution in [1.29, 1.82) is 0 Å². The van der Waals surface area contributed by atoms with E-state index in [2.05, 4.69) is 10.3 Å². The number of aromatic nitrogens is 1. The molecule has 0 radical (unpaired) electrons. The molecule has 1 heterocycles. The van der Waals surface area contributed by atoms with Crippen LogP contribution in [0.5, 0.6) is 0 Å². The van der Waals surface area contributed by atoms with Crippen molar-refractivity contribution in [3.63, 3.8) is 0 Å². The summed E-state index contributed by atoms with van der Waals surface area (Å²) < 4.78 is 5.03. The minimum Gasteiger partial charge on any atom is -0.444 e. The van der Waals surface area contributed by atoms with E-state index in [1.165, 1.54) is 12.3 Å². The normalized spacial score (nSPS) is 14.3. The number of halogens is 1. The lowest BCUT2D eigenvalue weighted by Crippen LogP contribution is -2.35. The maximum absolute atomic E-state index is 11.6. The second kappa shape index (κ2) is 7.62. The lowest BCUT2D eigenvalue weighted by Gasteiger charge is -2.21. The first-order valence-electron chi connectivity index (χ1n) is 6.81. The van der Waals surface area contributed by atoms with Crippen molar-refractivity contribution >= 4 is 17.7 Å². The molecule has 1 aromatic rings. The quantitative estimate of drug-likeness (QED) is 0.650. The van der Waals surface area contributed by atoms with Gasteiger partial charge in [0.05, 0.1) is 11.1 Å². The topological polar surface area (TPSA) is 112 Å². The van der Waals surface area contributed by atoms with E-state index in [9.17, 15) is 19.8 Å². The van der Waals surface area contributed by atoms with Crippen molar-refractivity contribution in [3.8, 4) is 0 Å². The number of aliphatic hydroxyl groups is 2. The molecule has 7 nitrogen and oxygen atoms in total. The molecule has 0 fully saturated rings. The molecule has 8 heteroatoms. The molecule has 0 saturated carbocycles. The SMILES string of the molecule is CC(C)(C)OC(=O)NCCC(O)C(O)c1cc(Cl)c[nH]c1=O. The number of hydrogen-bond donors (Lipinski definition) is 4. The number of carbonyl (C=O) groups excluding carboxylic acids is 1. The van der Waals surface area contributed by atoms with Gasteiger partial charge in [0.15, 0.2) is 0 Å². The van der Waals surface area contributed by atoms with Gasteiger partial charge >= 0.3 is 6.09 Å². The average Bonchev–Trinajstić information content (AvgIpc) is 2.38. The van der Waals surface area contributed by atoms with Gasteiger partial charge in [-0.3, -0.25) is 4.79 Å². The Morgan fingerprint density at radius 1 is 1.45 bits per heavy atom. The van der Waals surface area contributed by atoms with Gasteiger partial charge in [-0.15, -0.1) is 0 Å². The van der Waals surface area contributed by atoms with Crippen LogP contribution in [0.2, 0.25) is 5.02 Å². The molecule has 1 amide bonds. The minimum absolute atomic E-state index is 0.0303. The van der Waals surface area contributed by atoms with Crippen LogP contribution < -0.4 is 10.9 Å². The van der Waals surface area contributed by atoms with E-state index in [0.717, 1.165) is 0 Å². The van der Waals surface area contributed by atoms with Gasteiger partial charge in [0.1, 0.15) is 11.7 Å². The number of amides is 1. The van der Waals surface area contributed by atoms with Crippen LogP contribution in [0.4, 0.5) is 4.79 Å². The fourth-order valence-electron chi connectivity index (χ4n) is 1.69. The molecule has 0 aliphatic rings.